The molecular formula is C8H11N3O. The standard InChI is InChI=1S/C8H11N3O/c1-2-3-4-9-7-5-8(12)11-6-10-7/h2,5-6H,1,3-4H2,(H2,9,10,11,12). The van der Waals surface area contributed by atoms with E-state index in [1.54, 1.807) is 6.08 Å². The van der Waals surface area contributed by atoms with Gasteiger partial charge in [-0.1, -0.05) is 6.08 Å². The van der Waals surface area contributed by atoms with Crippen molar-refractivity contribution in [2.24, 2.45) is 0 Å². The average Bonchev–Trinajstić information content (AvgIpc) is 2.05. The van der Waals surface area contributed by atoms with E-state index < -0.39 is 0 Å². The molecule has 0 aliphatic carbocycles. The third-order valence-corrected chi connectivity index (χ3v) is 1.33. The van der Waals surface area contributed by atoms with E-state index >= 15 is 0 Å². The Labute approximate surface area is 70.4 Å². The highest BCUT2D eigenvalue weighted by atomic mass is 16.1. The molecule has 64 valence electrons. The van der Waals surface area contributed by atoms with Crippen LogP contribution in [0.4, 0.5) is 5.82 Å². The number of nitrogens with one attached hydrogen (secondary N) is 2. The van der Waals surface area contributed by atoms with E-state index in [1.165, 1.54) is 12.4 Å². The van der Waals surface area contributed by atoms with Crippen LogP contribution in [0.3, 0.4) is 0 Å². The number of nitrogens with zero attached hydrogens (tertiary/aromatic N) is 1. The van der Waals surface area contributed by atoms with Crippen molar-refractivity contribution in [2.45, 2.75) is 6.42 Å². The van der Waals surface area contributed by atoms with Crippen LogP contribution in [0.5, 0.6) is 0 Å². The molecular weight excluding hydrogens is 154 g/mol. The number of hydrogen-bond donors (Lipinski definition) is 2. The molecule has 0 saturated heterocycles. The van der Waals surface area contributed by atoms with Gasteiger partial charge in [0.15, 0.2) is 0 Å². The summed E-state index contributed by atoms with van der Waals surface area (Å²) in [4.78, 5) is 17.1. The van der Waals surface area contributed by atoms with Gasteiger partial charge in [0.1, 0.15) is 5.82 Å². The minimum Gasteiger partial charge on any atom is -0.370 e. The molecule has 1 aromatic heterocycles. The second-order valence-electron chi connectivity index (χ2n) is 2.30. The van der Waals surface area contributed by atoms with Gasteiger partial charge in [-0.2, -0.15) is 0 Å². The number of anilines is 1. The molecule has 1 rings (SSSR count). The maximum absolute atomic E-state index is 10.8. The van der Waals surface area contributed by atoms with Crippen molar-refractivity contribution >= 4 is 5.82 Å². The Morgan fingerprint density at radius 1 is 1.75 bits per heavy atom. The maximum Gasteiger partial charge on any atom is 0.252 e. The molecule has 0 saturated carbocycles. The number of rotatable bonds is 4. The Bertz CT molecular complexity index is 305. The molecule has 1 aromatic rings. The quantitative estimate of drug-likeness (QED) is 0.511. The summed E-state index contributed by atoms with van der Waals surface area (Å²) in [6, 6.07) is 1.42. The van der Waals surface area contributed by atoms with Gasteiger partial charge in [-0.15, -0.1) is 6.58 Å². The van der Waals surface area contributed by atoms with Crippen molar-refractivity contribution in [2.75, 3.05) is 11.9 Å². The van der Waals surface area contributed by atoms with Gasteiger partial charge in [-0.25, -0.2) is 4.98 Å². The van der Waals surface area contributed by atoms with Gasteiger partial charge in [-0.3, -0.25) is 4.79 Å². The lowest BCUT2D eigenvalue weighted by Gasteiger charge is -2.00. The molecule has 1 heterocycles. The third kappa shape index (κ3) is 2.57. The highest BCUT2D eigenvalue weighted by Gasteiger charge is 1.90. The highest BCUT2D eigenvalue weighted by Crippen LogP contribution is 1.94. The number of H-pyrrole nitrogens is 1. The van der Waals surface area contributed by atoms with Crippen LogP contribution < -0.4 is 10.9 Å². The summed E-state index contributed by atoms with van der Waals surface area (Å²) in [5.41, 5.74) is -0.147. The summed E-state index contributed by atoms with van der Waals surface area (Å²) in [5.74, 6) is 0.598. The fraction of sp³-hybridized carbons (Fsp3) is 0.250. The van der Waals surface area contributed by atoms with Crippen molar-refractivity contribution in [1.29, 1.82) is 0 Å². The second-order valence-corrected chi connectivity index (χ2v) is 2.30. The van der Waals surface area contributed by atoms with E-state index in [4.69, 9.17) is 0 Å². The molecule has 4 nitrogen and oxygen atoms in total. The summed E-state index contributed by atoms with van der Waals surface area (Å²) >= 11 is 0. The van der Waals surface area contributed by atoms with E-state index in [-0.39, 0.29) is 5.56 Å². The average molecular weight is 165 g/mol. The fourth-order valence-electron chi connectivity index (χ4n) is 0.768. The largest absolute Gasteiger partial charge is 0.370 e. The summed E-state index contributed by atoms with van der Waals surface area (Å²) in [7, 11) is 0. The van der Waals surface area contributed by atoms with Gasteiger partial charge in [0.2, 0.25) is 0 Å². The number of aromatic nitrogens is 2. The van der Waals surface area contributed by atoms with Crippen molar-refractivity contribution < 1.29 is 0 Å². The lowest BCUT2D eigenvalue weighted by atomic mass is 10.4. The van der Waals surface area contributed by atoms with Crippen molar-refractivity contribution in [1.82, 2.24) is 9.97 Å². The summed E-state index contributed by atoms with van der Waals surface area (Å²) < 4.78 is 0. The first-order valence-corrected chi connectivity index (χ1v) is 3.72. The van der Waals surface area contributed by atoms with Crippen molar-refractivity contribution in [3.05, 3.63) is 35.4 Å². The Hall–Kier alpha value is -1.58. The molecule has 0 fully saturated rings. The van der Waals surface area contributed by atoms with Gasteiger partial charge in [-0.05, 0) is 6.42 Å². The Balaban J connectivity index is 2.52. The molecule has 0 atom stereocenters. The lowest BCUT2D eigenvalue weighted by Crippen LogP contribution is -2.09. The minimum absolute atomic E-state index is 0.147. The molecule has 0 bridgehead atoms. The summed E-state index contributed by atoms with van der Waals surface area (Å²) in [6.07, 6.45) is 4.03. The molecule has 0 radical (unpaired) electrons. The minimum atomic E-state index is -0.147. The first kappa shape index (κ1) is 8.52. The molecule has 2 N–H and O–H groups in total. The van der Waals surface area contributed by atoms with E-state index in [1.807, 2.05) is 0 Å². The van der Waals surface area contributed by atoms with Crippen LogP contribution in [0, 0.1) is 0 Å². The van der Waals surface area contributed by atoms with Crippen LogP contribution in [0.25, 0.3) is 0 Å². The van der Waals surface area contributed by atoms with E-state index in [0.717, 1.165) is 13.0 Å². The lowest BCUT2D eigenvalue weighted by molar-refractivity contribution is 1.03. The molecule has 0 unspecified atom stereocenters. The topological polar surface area (TPSA) is 57.8 Å². The van der Waals surface area contributed by atoms with E-state index in [0.29, 0.717) is 5.82 Å². The van der Waals surface area contributed by atoms with Gasteiger partial charge in [0.05, 0.1) is 6.33 Å². The molecule has 0 spiro atoms. The zero-order valence-corrected chi connectivity index (χ0v) is 6.71. The van der Waals surface area contributed by atoms with E-state index in [9.17, 15) is 4.79 Å². The van der Waals surface area contributed by atoms with Crippen molar-refractivity contribution in [3.8, 4) is 0 Å². The first-order chi connectivity index (χ1) is 5.83. The molecule has 0 amide bonds. The Morgan fingerprint density at radius 2 is 2.58 bits per heavy atom. The molecule has 0 aliphatic rings. The first-order valence-electron chi connectivity index (χ1n) is 3.72. The fourth-order valence-corrected chi connectivity index (χ4v) is 0.768. The van der Waals surface area contributed by atoms with Crippen LogP contribution in [0.2, 0.25) is 0 Å². The Kier molecular flexibility index (Phi) is 3.07. The van der Waals surface area contributed by atoms with Gasteiger partial charge >= 0.3 is 0 Å². The third-order valence-electron chi connectivity index (χ3n) is 1.33. The summed E-state index contributed by atoms with van der Waals surface area (Å²) in [6.45, 7) is 4.33. The Morgan fingerprint density at radius 3 is 3.25 bits per heavy atom. The van der Waals surface area contributed by atoms with E-state index in [2.05, 4.69) is 21.9 Å². The highest BCUT2D eigenvalue weighted by molar-refractivity contribution is 5.31. The SMILES string of the molecule is C=CCCNc1cc(=O)[nH]cn1. The smallest absolute Gasteiger partial charge is 0.252 e. The molecule has 4 heteroatoms. The zero-order valence-electron chi connectivity index (χ0n) is 6.71. The normalized spacial score (nSPS) is 9.33. The number of hydrogen-bond acceptors (Lipinski definition) is 3. The van der Waals surface area contributed by atoms with Crippen LogP contribution in [0.1, 0.15) is 6.42 Å². The zero-order chi connectivity index (χ0) is 8.81. The van der Waals surface area contributed by atoms with Gasteiger partial charge < -0.3 is 10.3 Å². The predicted octanol–water partition coefficient (Wildman–Crippen LogP) is 0.758. The van der Waals surface area contributed by atoms with Crippen LogP contribution >= 0.6 is 0 Å². The van der Waals surface area contributed by atoms with Crippen LogP contribution in [0.15, 0.2) is 29.8 Å². The number of aromatic amines is 1. The van der Waals surface area contributed by atoms with Gasteiger partial charge in [0, 0.05) is 12.6 Å². The van der Waals surface area contributed by atoms with Crippen molar-refractivity contribution in [3.63, 3.8) is 0 Å². The van der Waals surface area contributed by atoms with Gasteiger partial charge in [0.25, 0.3) is 5.56 Å². The van der Waals surface area contributed by atoms with Crippen LogP contribution in [-0.2, 0) is 0 Å². The molecule has 0 aromatic carbocycles. The monoisotopic (exact) mass is 165 g/mol. The second kappa shape index (κ2) is 4.33. The molecule has 0 aliphatic heterocycles. The maximum atomic E-state index is 10.8. The van der Waals surface area contributed by atoms with Crippen LogP contribution in [-0.4, -0.2) is 16.5 Å². The predicted molar refractivity (Wildman–Crippen MR) is 48.2 cm³/mol. The summed E-state index contributed by atoms with van der Waals surface area (Å²) in [5, 5.41) is 2.98. The molecule has 12 heavy (non-hydrogen) atoms.